The van der Waals surface area contributed by atoms with Gasteiger partial charge in [0.25, 0.3) is 5.97 Å². The van der Waals surface area contributed by atoms with Crippen molar-refractivity contribution in [1.29, 1.82) is 0 Å². The first-order valence-electron chi connectivity index (χ1n) is 0.928. The highest BCUT2D eigenvalue weighted by atomic mass is 27.0. The van der Waals surface area contributed by atoms with Crippen LogP contribution in [0.1, 0.15) is 6.92 Å². The molecule has 7 heavy (non-hydrogen) atoms. The van der Waals surface area contributed by atoms with E-state index in [1.54, 1.807) is 0 Å². The third-order valence-electron chi connectivity index (χ3n) is 0. The molecule has 0 aromatic heterocycles. The van der Waals surface area contributed by atoms with Crippen molar-refractivity contribution in [3.05, 3.63) is 0 Å². The Balaban J connectivity index is -0.0000000150. The summed E-state index contributed by atoms with van der Waals surface area (Å²) in [6.07, 6.45) is 0. The molecule has 0 saturated heterocycles. The average molecular weight is 138 g/mol. The van der Waals surface area contributed by atoms with Crippen molar-refractivity contribution in [3.8, 4) is 0 Å². The zero-order chi connectivity index (χ0) is 3.58. The highest BCUT2D eigenvalue weighted by molar-refractivity contribution is 5.76. The van der Waals surface area contributed by atoms with Crippen molar-refractivity contribution >= 4 is 40.7 Å². The topological polar surface area (TPSA) is 68.8 Å². The quantitative estimate of drug-likeness (QED) is 0.360. The van der Waals surface area contributed by atoms with E-state index in [9.17, 15) is 0 Å². The molecule has 0 unspecified atom stereocenters. The molecule has 44 valence electrons. The summed E-state index contributed by atoms with van der Waals surface area (Å²) >= 11 is 0. The lowest BCUT2D eigenvalue weighted by Gasteiger charge is -1.59. The molecule has 0 radical (unpaired) electrons. The van der Waals surface area contributed by atoms with E-state index < -0.39 is 5.97 Å². The SMILES string of the molecule is CC(=O)O.O.[AlH3].[AlH3]. The largest absolute Gasteiger partial charge is 0.481 e. The molecule has 0 rings (SSSR count). The van der Waals surface area contributed by atoms with Gasteiger partial charge < -0.3 is 10.6 Å². The molecule has 0 heterocycles. The zero-order valence-electron chi connectivity index (χ0n) is 2.86. The van der Waals surface area contributed by atoms with E-state index in [2.05, 4.69) is 0 Å². The number of hydrogen-bond acceptors (Lipinski definition) is 1. The number of carboxylic acids is 1. The number of hydrogen-bond donors (Lipinski definition) is 1. The summed E-state index contributed by atoms with van der Waals surface area (Å²) < 4.78 is 0. The minimum Gasteiger partial charge on any atom is -0.481 e. The molecule has 0 bridgehead atoms. The van der Waals surface area contributed by atoms with E-state index in [4.69, 9.17) is 9.90 Å². The maximum absolute atomic E-state index is 9.00. The molecule has 0 aliphatic carbocycles. The maximum atomic E-state index is 9.00. The molecular weight excluding hydrogens is 126 g/mol. The van der Waals surface area contributed by atoms with E-state index in [1.807, 2.05) is 0 Å². The van der Waals surface area contributed by atoms with Crippen molar-refractivity contribution < 1.29 is 15.4 Å². The number of aliphatic carboxylic acids is 1. The Kier molecular flexibility index (Phi) is 59.4. The van der Waals surface area contributed by atoms with Crippen LogP contribution in [0.15, 0.2) is 0 Å². The number of rotatable bonds is 0. The van der Waals surface area contributed by atoms with Crippen molar-refractivity contribution in [2.75, 3.05) is 0 Å². The van der Waals surface area contributed by atoms with Gasteiger partial charge in [-0.25, -0.2) is 0 Å². The minimum atomic E-state index is -0.833. The van der Waals surface area contributed by atoms with Crippen LogP contribution < -0.4 is 0 Å². The van der Waals surface area contributed by atoms with Gasteiger partial charge in [0, 0.05) is 6.92 Å². The summed E-state index contributed by atoms with van der Waals surface area (Å²) in [6.45, 7) is 1.08. The van der Waals surface area contributed by atoms with Gasteiger partial charge in [-0.05, 0) is 0 Å². The number of carboxylic acid groups (broad SMARTS) is 1. The monoisotopic (exact) mass is 138 g/mol. The number of carbonyl (C=O) groups is 1. The van der Waals surface area contributed by atoms with E-state index in [1.165, 1.54) is 0 Å². The third-order valence-corrected chi connectivity index (χ3v) is 0. The third kappa shape index (κ3) is 536. The van der Waals surface area contributed by atoms with Crippen LogP contribution >= 0.6 is 0 Å². The van der Waals surface area contributed by atoms with Gasteiger partial charge in [-0.3, -0.25) is 4.79 Å². The van der Waals surface area contributed by atoms with Gasteiger partial charge in [-0.15, -0.1) is 0 Å². The van der Waals surface area contributed by atoms with Crippen LogP contribution in [0, 0.1) is 0 Å². The Morgan fingerprint density at radius 1 is 1.43 bits per heavy atom. The second-order valence-electron chi connectivity index (χ2n) is 0.519. The van der Waals surface area contributed by atoms with Crippen LogP contribution in [0.5, 0.6) is 0 Å². The fourth-order valence-corrected chi connectivity index (χ4v) is 0. The van der Waals surface area contributed by atoms with Crippen LogP contribution in [0.3, 0.4) is 0 Å². The Bertz CT molecular complexity index is 33.9. The van der Waals surface area contributed by atoms with Crippen molar-refractivity contribution in [1.82, 2.24) is 0 Å². The molecule has 0 spiro atoms. The second kappa shape index (κ2) is 16.1. The summed E-state index contributed by atoms with van der Waals surface area (Å²) in [7, 11) is 0. The Hall–Kier alpha value is 0.495. The molecule has 0 atom stereocenters. The van der Waals surface area contributed by atoms with Gasteiger partial charge in [0.15, 0.2) is 34.7 Å². The van der Waals surface area contributed by atoms with E-state index in [-0.39, 0.29) is 40.2 Å². The first-order valence-corrected chi connectivity index (χ1v) is 0.928. The standard InChI is InChI=1S/C2H4O2.2Al.H2O.6H/c1-2(3)4;;;;;;;;;/h1H3,(H,3,4);;;1H2;;;;;;. The van der Waals surface area contributed by atoms with Gasteiger partial charge in [-0.1, -0.05) is 0 Å². The maximum Gasteiger partial charge on any atom is 0.300 e. The Morgan fingerprint density at radius 2 is 1.43 bits per heavy atom. The molecule has 0 amide bonds. The second-order valence-corrected chi connectivity index (χ2v) is 0.519. The fourth-order valence-electron chi connectivity index (χ4n) is 0. The molecule has 3 nitrogen and oxygen atoms in total. The van der Waals surface area contributed by atoms with Gasteiger partial charge >= 0.3 is 0 Å². The predicted octanol–water partition coefficient (Wildman–Crippen LogP) is -3.10. The lowest BCUT2D eigenvalue weighted by molar-refractivity contribution is -0.134. The molecule has 0 aromatic carbocycles. The molecule has 0 aliphatic heterocycles. The lowest BCUT2D eigenvalue weighted by Crippen LogP contribution is -1.78. The average Bonchev–Trinajstić information content (AvgIpc) is 0.811. The van der Waals surface area contributed by atoms with Crippen LogP contribution in [0.25, 0.3) is 0 Å². The first kappa shape index (κ1) is 25.9. The highest BCUT2D eigenvalue weighted by Crippen LogP contribution is 1.42. The van der Waals surface area contributed by atoms with Crippen LogP contribution in [0.2, 0.25) is 0 Å². The van der Waals surface area contributed by atoms with Gasteiger partial charge in [0.2, 0.25) is 0 Å². The predicted molar refractivity (Wildman–Crippen MR) is 36.8 cm³/mol. The smallest absolute Gasteiger partial charge is 0.300 e. The van der Waals surface area contributed by atoms with Crippen LogP contribution in [0.4, 0.5) is 0 Å². The summed E-state index contributed by atoms with van der Waals surface area (Å²) in [5, 5.41) is 7.42. The fraction of sp³-hybridized carbons (Fsp3) is 0.500. The van der Waals surface area contributed by atoms with Gasteiger partial charge in [0.1, 0.15) is 0 Å². The molecule has 0 aromatic rings. The van der Waals surface area contributed by atoms with Gasteiger partial charge in [-0.2, -0.15) is 0 Å². The Labute approximate surface area is 63.3 Å². The molecule has 0 fully saturated rings. The molecular formula is C2H12Al2O3. The molecule has 0 saturated carbocycles. The van der Waals surface area contributed by atoms with Gasteiger partial charge in [0.05, 0.1) is 0 Å². The van der Waals surface area contributed by atoms with E-state index in [0.29, 0.717) is 0 Å². The lowest BCUT2D eigenvalue weighted by atomic mass is 10.9. The summed E-state index contributed by atoms with van der Waals surface area (Å²) in [6, 6.07) is 0. The summed E-state index contributed by atoms with van der Waals surface area (Å²) in [5.74, 6) is -0.833. The summed E-state index contributed by atoms with van der Waals surface area (Å²) in [4.78, 5) is 9.00. The highest BCUT2D eigenvalue weighted by Gasteiger charge is 1.65. The van der Waals surface area contributed by atoms with Crippen molar-refractivity contribution in [2.24, 2.45) is 0 Å². The zero-order valence-corrected chi connectivity index (χ0v) is 2.86. The van der Waals surface area contributed by atoms with Crippen LogP contribution in [-0.4, -0.2) is 51.3 Å². The molecule has 3 N–H and O–H groups in total. The Morgan fingerprint density at radius 3 is 1.43 bits per heavy atom. The van der Waals surface area contributed by atoms with E-state index in [0.717, 1.165) is 6.92 Å². The van der Waals surface area contributed by atoms with Crippen molar-refractivity contribution in [2.45, 2.75) is 6.92 Å². The first-order chi connectivity index (χ1) is 1.73. The molecule has 0 aliphatic rings. The minimum absolute atomic E-state index is 0. The molecule has 5 heteroatoms. The summed E-state index contributed by atoms with van der Waals surface area (Å²) in [5.41, 5.74) is 0. The normalized spacial score (nSPS) is 3.57. The van der Waals surface area contributed by atoms with E-state index >= 15 is 0 Å². The van der Waals surface area contributed by atoms with Crippen LogP contribution in [-0.2, 0) is 4.79 Å². The van der Waals surface area contributed by atoms with Crippen molar-refractivity contribution in [3.63, 3.8) is 0 Å².